The molecule has 0 spiro atoms. The zero-order valence-electron chi connectivity index (χ0n) is 20.6. The normalized spacial score (nSPS) is 16.8. The Balaban J connectivity index is 1.26. The number of aromatic nitrogens is 1. The summed E-state index contributed by atoms with van der Waals surface area (Å²) in [6, 6.07) is 6.20. The third kappa shape index (κ3) is 6.29. The van der Waals surface area contributed by atoms with Crippen molar-refractivity contribution in [2.45, 2.75) is 64.8 Å². The molecule has 1 aromatic carbocycles. The minimum absolute atomic E-state index is 0.126. The van der Waals surface area contributed by atoms with Gasteiger partial charge in [0.15, 0.2) is 0 Å². The number of aliphatic carboxylic acids is 1. The molecule has 1 unspecified atom stereocenters. The molecule has 188 valence electrons. The standard InChI is InChI=1S/C27H35FN4O3/c1-17-14-21(28)15-18(2)25(17)31-23(27(34)35)16-19-9-12-32(13-10-19)24(33)8-7-22-6-5-20-4-3-11-29-26(20)30-22/h5-6,14-15,19,23,31H,3-4,7-13,16H2,1-2H3,(H,29,30)(H,34,35). The van der Waals surface area contributed by atoms with E-state index in [4.69, 9.17) is 0 Å². The fraction of sp³-hybridized carbons (Fsp3) is 0.519. The zero-order chi connectivity index (χ0) is 24.9. The number of carboxylic acid groups (broad SMARTS) is 1. The van der Waals surface area contributed by atoms with Gasteiger partial charge in [0.25, 0.3) is 0 Å². The van der Waals surface area contributed by atoms with E-state index in [1.807, 2.05) is 11.0 Å². The molecule has 7 nitrogen and oxygen atoms in total. The number of pyridine rings is 1. The molecule has 0 saturated carbocycles. The summed E-state index contributed by atoms with van der Waals surface area (Å²) in [5.74, 6) is 0.0466. The van der Waals surface area contributed by atoms with Gasteiger partial charge in [-0.25, -0.2) is 14.2 Å². The van der Waals surface area contributed by atoms with Crippen LogP contribution in [0.3, 0.4) is 0 Å². The molecule has 3 heterocycles. The van der Waals surface area contributed by atoms with Gasteiger partial charge in [-0.15, -0.1) is 0 Å². The van der Waals surface area contributed by atoms with Gasteiger partial charge in [-0.2, -0.15) is 0 Å². The molecule has 1 aromatic heterocycles. The summed E-state index contributed by atoms with van der Waals surface area (Å²) in [5, 5.41) is 16.2. The lowest BCUT2D eigenvalue weighted by Gasteiger charge is -2.33. The maximum Gasteiger partial charge on any atom is 0.326 e. The zero-order valence-corrected chi connectivity index (χ0v) is 20.6. The topological polar surface area (TPSA) is 94.6 Å². The van der Waals surface area contributed by atoms with Crippen LogP contribution in [0.2, 0.25) is 0 Å². The first kappa shape index (κ1) is 24.9. The monoisotopic (exact) mass is 482 g/mol. The Hall–Kier alpha value is -3.16. The van der Waals surface area contributed by atoms with E-state index < -0.39 is 12.0 Å². The first-order valence-corrected chi connectivity index (χ1v) is 12.6. The Kier molecular flexibility index (Phi) is 7.88. The van der Waals surface area contributed by atoms with Gasteiger partial charge in [-0.3, -0.25) is 4.79 Å². The van der Waals surface area contributed by atoms with Gasteiger partial charge in [-0.1, -0.05) is 6.07 Å². The van der Waals surface area contributed by atoms with E-state index in [2.05, 4.69) is 21.7 Å². The van der Waals surface area contributed by atoms with Crippen LogP contribution in [-0.4, -0.2) is 52.5 Å². The molecule has 8 heteroatoms. The lowest BCUT2D eigenvalue weighted by atomic mass is 9.89. The first-order chi connectivity index (χ1) is 16.8. The fourth-order valence-corrected chi connectivity index (χ4v) is 5.19. The van der Waals surface area contributed by atoms with E-state index in [1.54, 1.807) is 13.8 Å². The molecule has 1 atom stereocenters. The van der Waals surface area contributed by atoms with Crippen molar-refractivity contribution in [1.82, 2.24) is 9.88 Å². The summed E-state index contributed by atoms with van der Waals surface area (Å²) in [7, 11) is 0. The van der Waals surface area contributed by atoms with Crippen molar-refractivity contribution in [2.24, 2.45) is 5.92 Å². The number of nitrogens with zero attached hydrogens (tertiary/aromatic N) is 2. The number of carboxylic acids is 1. The summed E-state index contributed by atoms with van der Waals surface area (Å²) in [4.78, 5) is 31.3. The van der Waals surface area contributed by atoms with Crippen molar-refractivity contribution in [3.05, 3.63) is 52.5 Å². The van der Waals surface area contributed by atoms with E-state index in [0.29, 0.717) is 49.2 Å². The van der Waals surface area contributed by atoms with Crippen LogP contribution in [0.4, 0.5) is 15.9 Å². The number of fused-ring (bicyclic) bond motifs is 1. The number of rotatable bonds is 8. The Bertz CT molecular complexity index is 1060. The molecule has 0 bridgehead atoms. The number of benzene rings is 1. The first-order valence-electron chi connectivity index (χ1n) is 12.6. The van der Waals surface area contributed by atoms with E-state index in [-0.39, 0.29) is 17.6 Å². The highest BCUT2D eigenvalue weighted by molar-refractivity contribution is 5.78. The van der Waals surface area contributed by atoms with Crippen molar-refractivity contribution in [2.75, 3.05) is 30.3 Å². The van der Waals surface area contributed by atoms with Gasteiger partial charge in [0, 0.05) is 37.4 Å². The van der Waals surface area contributed by atoms with Crippen LogP contribution in [0.1, 0.15) is 54.5 Å². The summed E-state index contributed by atoms with van der Waals surface area (Å²) >= 11 is 0. The van der Waals surface area contributed by atoms with E-state index in [1.165, 1.54) is 17.7 Å². The molecule has 3 N–H and O–H groups in total. The minimum atomic E-state index is -0.918. The lowest BCUT2D eigenvalue weighted by molar-refractivity contribution is -0.139. The smallest absolute Gasteiger partial charge is 0.326 e. The number of likely N-dealkylation sites (tertiary alicyclic amines) is 1. The quantitative estimate of drug-likeness (QED) is 0.519. The summed E-state index contributed by atoms with van der Waals surface area (Å²) in [6.07, 6.45) is 5.25. The Morgan fingerprint density at radius 2 is 1.94 bits per heavy atom. The SMILES string of the molecule is Cc1cc(F)cc(C)c1NC(CC1CCN(C(=O)CCc2ccc3c(n2)NCCC3)CC1)C(=O)O. The van der Waals surface area contributed by atoms with Crippen LogP contribution in [0, 0.1) is 25.6 Å². The molecule has 2 aliphatic heterocycles. The Morgan fingerprint density at radius 1 is 1.23 bits per heavy atom. The van der Waals surface area contributed by atoms with Gasteiger partial charge in [0.05, 0.1) is 0 Å². The average molecular weight is 483 g/mol. The number of piperidine rings is 1. The number of hydrogen-bond acceptors (Lipinski definition) is 5. The number of anilines is 2. The maximum absolute atomic E-state index is 13.6. The number of nitrogens with one attached hydrogen (secondary N) is 2. The molecule has 35 heavy (non-hydrogen) atoms. The van der Waals surface area contributed by atoms with Crippen LogP contribution in [0.25, 0.3) is 0 Å². The highest BCUT2D eigenvalue weighted by Crippen LogP contribution is 2.27. The van der Waals surface area contributed by atoms with Gasteiger partial charge < -0.3 is 20.6 Å². The molecule has 4 rings (SSSR count). The summed E-state index contributed by atoms with van der Waals surface area (Å²) in [6.45, 7) is 5.78. The second-order valence-corrected chi connectivity index (χ2v) is 9.85. The van der Waals surface area contributed by atoms with Crippen LogP contribution in [0.15, 0.2) is 24.3 Å². The highest BCUT2D eigenvalue weighted by Gasteiger charge is 2.28. The molecule has 1 amide bonds. The minimum Gasteiger partial charge on any atom is -0.480 e. The highest BCUT2D eigenvalue weighted by atomic mass is 19.1. The van der Waals surface area contributed by atoms with Crippen LogP contribution in [0.5, 0.6) is 0 Å². The van der Waals surface area contributed by atoms with Crippen molar-refractivity contribution < 1.29 is 19.1 Å². The van der Waals surface area contributed by atoms with Crippen molar-refractivity contribution >= 4 is 23.4 Å². The third-order valence-electron chi connectivity index (χ3n) is 7.20. The summed E-state index contributed by atoms with van der Waals surface area (Å²) in [5.41, 5.74) is 4.24. The van der Waals surface area contributed by atoms with E-state index >= 15 is 0 Å². The molecule has 2 aromatic rings. The third-order valence-corrected chi connectivity index (χ3v) is 7.20. The van der Waals surface area contributed by atoms with Crippen LogP contribution < -0.4 is 10.6 Å². The molecule has 0 radical (unpaired) electrons. The molecular weight excluding hydrogens is 447 g/mol. The van der Waals surface area contributed by atoms with Crippen LogP contribution >= 0.6 is 0 Å². The number of aryl methyl sites for hydroxylation is 4. The molecule has 1 saturated heterocycles. The Morgan fingerprint density at radius 3 is 2.63 bits per heavy atom. The van der Waals surface area contributed by atoms with E-state index in [0.717, 1.165) is 43.7 Å². The van der Waals surface area contributed by atoms with E-state index in [9.17, 15) is 19.1 Å². The van der Waals surface area contributed by atoms with Gasteiger partial charge in [0.2, 0.25) is 5.91 Å². The molecular formula is C27H35FN4O3. The predicted molar refractivity (Wildman–Crippen MR) is 134 cm³/mol. The van der Waals surface area contributed by atoms with Gasteiger partial charge >= 0.3 is 5.97 Å². The van der Waals surface area contributed by atoms with Crippen LogP contribution in [-0.2, 0) is 22.4 Å². The number of halogens is 1. The molecule has 0 aliphatic carbocycles. The number of carbonyl (C=O) groups is 2. The number of hydrogen-bond donors (Lipinski definition) is 3. The fourth-order valence-electron chi connectivity index (χ4n) is 5.19. The second kappa shape index (κ2) is 11.1. The van der Waals surface area contributed by atoms with Crippen molar-refractivity contribution in [1.29, 1.82) is 0 Å². The maximum atomic E-state index is 13.6. The predicted octanol–water partition coefficient (Wildman–Crippen LogP) is 4.32. The Labute approximate surface area is 206 Å². The van der Waals surface area contributed by atoms with Crippen molar-refractivity contribution in [3.63, 3.8) is 0 Å². The largest absolute Gasteiger partial charge is 0.480 e. The molecule has 1 fully saturated rings. The number of carbonyl (C=O) groups excluding carboxylic acids is 1. The van der Waals surface area contributed by atoms with Crippen molar-refractivity contribution in [3.8, 4) is 0 Å². The van der Waals surface area contributed by atoms with Gasteiger partial charge in [0.1, 0.15) is 17.7 Å². The molecule has 2 aliphatic rings. The summed E-state index contributed by atoms with van der Waals surface area (Å²) < 4.78 is 13.6. The second-order valence-electron chi connectivity index (χ2n) is 9.85. The van der Waals surface area contributed by atoms with Gasteiger partial charge in [-0.05, 0) is 93.2 Å². The lowest BCUT2D eigenvalue weighted by Crippen LogP contribution is -2.41. The average Bonchev–Trinajstić information content (AvgIpc) is 2.84. The number of amides is 1.